The molecule has 1 atom stereocenters. The summed E-state index contributed by atoms with van der Waals surface area (Å²) >= 11 is 0. The topological polar surface area (TPSA) is 69.6 Å². The molecule has 0 aliphatic heterocycles. The van der Waals surface area contributed by atoms with Crippen LogP contribution in [0.4, 0.5) is 4.79 Å². The monoisotopic (exact) mass is 216 g/mol. The summed E-state index contributed by atoms with van der Waals surface area (Å²) in [6.45, 7) is 4.38. The highest BCUT2D eigenvalue weighted by Gasteiger charge is 2.20. The Morgan fingerprint density at radius 2 is 2.00 bits per heavy atom. The Bertz CT molecular complexity index is 219. The standard InChI is InChI=1S/C10H20N2O3/c1-4-6-7-8(9(13)14)11-10(15)12(3)5-2/h8H,4-7H2,1-3H3,(H,11,15)(H,13,14)/t8-/m0/s1. The SMILES string of the molecule is CCCC[C@H](NC(=O)N(C)CC)C(=O)O. The largest absolute Gasteiger partial charge is 0.480 e. The first-order chi connectivity index (χ1) is 7.02. The van der Waals surface area contributed by atoms with Crippen LogP contribution < -0.4 is 5.32 Å². The van der Waals surface area contributed by atoms with Crippen LogP contribution in [0.5, 0.6) is 0 Å². The van der Waals surface area contributed by atoms with Gasteiger partial charge in [-0.05, 0) is 13.3 Å². The summed E-state index contributed by atoms with van der Waals surface area (Å²) in [6.07, 6.45) is 2.20. The van der Waals surface area contributed by atoms with E-state index in [-0.39, 0.29) is 6.03 Å². The average molecular weight is 216 g/mol. The molecule has 0 fully saturated rings. The molecule has 0 aliphatic carbocycles. The number of unbranched alkanes of at least 4 members (excludes halogenated alkanes) is 1. The van der Waals surface area contributed by atoms with Gasteiger partial charge in [-0.2, -0.15) is 0 Å². The molecule has 0 aromatic rings. The van der Waals surface area contributed by atoms with Crippen molar-refractivity contribution in [1.82, 2.24) is 10.2 Å². The van der Waals surface area contributed by atoms with E-state index in [0.29, 0.717) is 13.0 Å². The second-order valence-corrected chi connectivity index (χ2v) is 3.50. The number of hydrogen-bond donors (Lipinski definition) is 2. The average Bonchev–Trinajstić information content (AvgIpc) is 2.22. The van der Waals surface area contributed by atoms with Gasteiger partial charge in [0.2, 0.25) is 0 Å². The Morgan fingerprint density at radius 3 is 2.40 bits per heavy atom. The fourth-order valence-electron chi connectivity index (χ4n) is 1.07. The Morgan fingerprint density at radius 1 is 1.40 bits per heavy atom. The third-order valence-corrected chi connectivity index (χ3v) is 2.26. The maximum atomic E-state index is 11.4. The summed E-state index contributed by atoms with van der Waals surface area (Å²) < 4.78 is 0. The minimum absolute atomic E-state index is 0.332. The molecule has 0 radical (unpaired) electrons. The van der Waals surface area contributed by atoms with Crippen molar-refractivity contribution in [2.24, 2.45) is 0 Å². The number of amides is 2. The van der Waals surface area contributed by atoms with Crippen LogP contribution in [0.3, 0.4) is 0 Å². The minimum Gasteiger partial charge on any atom is -0.480 e. The van der Waals surface area contributed by atoms with Gasteiger partial charge in [-0.25, -0.2) is 9.59 Å². The van der Waals surface area contributed by atoms with Crippen molar-refractivity contribution in [1.29, 1.82) is 0 Å². The molecule has 0 rings (SSSR count). The van der Waals surface area contributed by atoms with Gasteiger partial charge in [0.25, 0.3) is 0 Å². The molecule has 0 unspecified atom stereocenters. The zero-order valence-electron chi connectivity index (χ0n) is 9.62. The molecule has 2 N–H and O–H groups in total. The number of hydrogen-bond acceptors (Lipinski definition) is 2. The minimum atomic E-state index is -0.971. The lowest BCUT2D eigenvalue weighted by molar-refractivity contribution is -0.139. The van der Waals surface area contributed by atoms with E-state index in [0.717, 1.165) is 12.8 Å². The smallest absolute Gasteiger partial charge is 0.326 e. The van der Waals surface area contributed by atoms with Gasteiger partial charge in [0, 0.05) is 13.6 Å². The Kier molecular flexibility index (Phi) is 6.49. The van der Waals surface area contributed by atoms with Gasteiger partial charge >= 0.3 is 12.0 Å². The predicted octanol–water partition coefficient (Wildman–Crippen LogP) is 1.29. The number of carboxylic acids is 1. The third-order valence-electron chi connectivity index (χ3n) is 2.26. The van der Waals surface area contributed by atoms with Crippen molar-refractivity contribution in [3.05, 3.63) is 0 Å². The first kappa shape index (κ1) is 13.7. The molecule has 0 aromatic heterocycles. The second kappa shape index (κ2) is 7.09. The third kappa shape index (κ3) is 5.24. The van der Waals surface area contributed by atoms with Gasteiger partial charge in [-0.15, -0.1) is 0 Å². The van der Waals surface area contributed by atoms with Gasteiger partial charge < -0.3 is 15.3 Å². The molecule has 0 aliphatic rings. The lowest BCUT2D eigenvalue weighted by Gasteiger charge is -2.19. The number of rotatable bonds is 6. The number of carboxylic acid groups (broad SMARTS) is 1. The van der Waals surface area contributed by atoms with E-state index in [4.69, 9.17) is 5.11 Å². The molecule has 0 heterocycles. The molecule has 15 heavy (non-hydrogen) atoms. The molecule has 88 valence electrons. The van der Waals surface area contributed by atoms with Gasteiger partial charge in [-0.3, -0.25) is 0 Å². The van der Waals surface area contributed by atoms with Crippen molar-refractivity contribution in [2.75, 3.05) is 13.6 Å². The second-order valence-electron chi connectivity index (χ2n) is 3.50. The first-order valence-electron chi connectivity index (χ1n) is 5.27. The van der Waals surface area contributed by atoms with E-state index in [9.17, 15) is 9.59 Å². The molecular formula is C10H20N2O3. The molecule has 0 aromatic carbocycles. The number of urea groups is 1. The molecule has 0 saturated heterocycles. The Hall–Kier alpha value is -1.26. The number of nitrogens with zero attached hydrogens (tertiary/aromatic N) is 1. The normalized spacial score (nSPS) is 11.9. The lowest BCUT2D eigenvalue weighted by Crippen LogP contribution is -2.46. The van der Waals surface area contributed by atoms with E-state index in [2.05, 4.69) is 5.32 Å². The van der Waals surface area contributed by atoms with Crippen molar-refractivity contribution >= 4 is 12.0 Å². The molecule has 0 saturated carbocycles. The van der Waals surface area contributed by atoms with Crippen LogP contribution in [0, 0.1) is 0 Å². The van der Waals surface area contributed by atoms with E-state index in [1.54, 1.807) is 7.05 Å². The molecule has 5 nitrogen and oxygen atoms in total. The van der Waals surface area contributed by atoms with Crippen molar-refractivity contribution in [2.45, 2.75) is 39.2 Å². The highest BCUT2D eigenvalue weighted by atomic mass is 16.4. The molecule has 0 bridgehead atoms. The lowest BCUT2D eigenvalue weighted by atomic mass is 10.1. The fourth-order valence-corrected chi connectivity index (χ4v) is 1.07. The molecule has 0 spiro atoms. The van der Waals surface area contributed by atoms with Gasteiger partial charge in [0.15, 0.2) is 0 Å². The number of nitrogens with one attached hydrogen (secondary N) is 1. The van der Waals surface area contributed by atoms with Crippen LogP contribution in [-0.2, 0) is 4.79 Å². The van der Waals surface area contributed by atoms with E-state index in [1.165, 1.54) is 4.90 Å². The Labute approximate surface area is 90.5 Å². The van der Waals surface area contributed by atoms with Crippen LogP contribution in [-0.4, -0.2) is 41.6 Å². The van der Waals surface area contributed by atoms with Crippen LogP contribution in [0.1, 0.15) is 33.1 Å². The van der Waals surface area contributed by atoms with Crippen molar-refractivity contribution in [3.63, 3.8) is 0 Å². The number of aliphatic carboxylic acids is 1. The first-order valence-corrected chi connectivity index (χ1v) is 5.27. The summed E-state index contributed by atoms with van der Waals surface area (Å²) in [7, 11) is 1.63. The summed E-state index contributed by atoms with van der Waals surface area (Å²) in [5, 5.41) is 11.4. The summed E-state index contributed by atoms with van der Waals surface area (Å²) in [6, 6.07) is -1.10. The van der Waals surface area contributed by atoms with E-state index < -0.39 is 12.0 Å². The Balaban J connectivity index is 4.16. The van der Waals surface area contributed by atoms with Gasteiger partial charge in [0.05, 0.1) is 0 Å². The quantitative estimate of drug-likeness (QED) is 0.703. The zero-order chi connectivity index (χ0) is 11.8. The van der Waals surface area contributed by atoms with Crippen molar-refractivity contribution < 1.29 is 14.7 Å². The maximum absolute atomic E-state index is 11.4. The summed E-state index contributed by atoms with van der Waals surface area (Å²) in [5.41, 5.74) is 0. The van der Waals surface area contributed by atoms with Gasteiger partial charge in [0.1, 0.15) is 6.04 Å². The highest BCUT2D eigenvalue weighted by molar-refractivity contribution is 5.82. The van der Waals surface area contributed by atoms with Crippen LogP contribution in [0.2, 0.25) is 0 Å². The zero-order valence-corrected chi connectivity index (χ0v) is 9.62. The summed E-state index contributed by atoms with van der Waals surface area (Å²) in [4.78, 5) is 23.7. The summed E-state index contributed by atoms with van der Waals surface area (Å²) in [5.74, 6) is -0.971. The van der Waals surface area contributed by atoms with E-state index >= 15 is 0 Å². The van der Waals surface area contributed by atoms with Crippen LogP contribution >= 0.6 is 0 Å². The van der Waals surface area contributed by atoms with Gasteiger partial charge in [-0.1, -0.05) is 19.8 Å². The maximum Gasteiger partial charge on any atom is 0.326 e. The predicted molar refractivity (Wildman–Crippen MR) is 57.8 cm³/mol. The van der Waals surface area contributed by atoms with E-state index in [1.807, 2.05) is 13.8 Å². The van der Waals surface area contributed by atoms with Crippen LogP contribution in [0.25, 0.3) is 0 Å². The molecule has 5 heteroatoms. The highest BCUT2D eigenvalue weighted by Crippen LogP contribution is 2.01. The van der Waals surface area contributed by atoms with Crippen molar-refractivity contribution in [3.8, 4) is 0 Å². The molecular weight excluding hydrogens is 196 g/mol. The number of carbonyl (C=O) groups is 2. The van der Waals surface area contributed by atoms with Crippen LogP contribution in [0.15, 0.2) is 0 Å². The fraction of sp³-hybridized carbons (Fsp3) is 0.800. The molecule has 2 amide bonds. The number of carbonyl (C=O) groups excluding carboxylic acids is 1.